The third-order valence-electron chi connectivity index (χ3n) is 4.81. The molecule has 0 fully saturated rings. The average Bonchev–Trinajstić information content (AvgIpc) is 3.54. The van der Waals surface area contributed by atoms with Crippen molar-refractivity contribution in [2.45, 2.75) is 9.79 Å². The second-order valence-electron chi connectivity index (χ2n) is 7.16. The molecule has 0 amide bonds. The molecule has 0 aliphatic rings. The van der Waals surface area contributed by atoms with Crippen molar-refractivity contribution in [1.82, 2.24) is 29.5 Å². The summed E-state index contributed by atoms with van der Waals surface area (Å²) < 4.78 is 63.2. The quantitative estimate of drug-likeness (QED) is 0.250. The Bertz CT molecular complexity index is 1600. The van der Waals surface area contributed by atoms with E-state index in [4.69, 9.17) is 0 Å². The van der Waals surface area contributed by atoms with Gasteiger partial charge in [0.25, 0.3) is 0 Å². The Morgan fingerprint density at radius 1 is 0.541 bits per heavy atom. The zero-order valence-corrected chi connectivity index (χ0v) is 23.6. The van der Waals surface area contributed by atoms with Crippen LogP contribution in [-0.4, -0.2) is 46.4 Å². The fraction of sp³-hybridized carbons (Fsp3) is 0. The molecule has 0 spiro atoms. The van der Waals surface area contributed by atoms with E-state index in [0.717, 1.165) is 12.1 Å². The molecule has 15 heteroatoms. The van der Waals surface area contributed by atoms with E-state index in [9.17, 15) is 16.8 Å². The summed E-state index contributed by atoms with van der Waals surface area (Å²) in [6, 6.07) is 17.9. The van der Waals surface area contributed by atoms with Gasteiger partial charge >= 0.3 is 19.5 Å². The normalized spacial score (nSPS) is 11.5. The van der Waals surface area contributed by atoms with Gasteiger partial charge in [-0.05, 0) is 60.2 Å². The molecule has 182 valence electrons. The van der Waals surface area contributed by atoms with Crippen LogP contribution in [0.3, 0.4) is 0 Å². The van der Waals surface area contributed by atoms with Gasteiger partial charge in [-0.3, -0.25) is 20.2 Å². The van der Waals surface area contributed by atoms with Gasteiger partial charge in [-0.1, -0.05) is 24.3 Å². The first-order valence-corrected chi connectivity index (χ1v) is 13.2. The van der Waals surface area contributed by atoms with Crippen molar-refractivity contribution in [2.75, 3.05) is 0 Å². The van der Waals surface area contributed by atoms with Crippen LogP contribution in [0.25, 0.3) is 21.1 Å². The van der Waals surface area contributed by atoms with Crippen LogP contribution in [0.5, 0.6) is 0 Å². The van der Waals surface area contributed by atoms with Gasteiger partial charge in [-0.15, -0.1) is 0 Å². The van der Waals surface area contributed by atoms with Gasteiger partial charge in [0.05, 0.1) is 21.4 Å². The van der Waals surface area contributed by atoms with Crippen molar-refractivity contribution < 1.29 is 36.3 Å². The minimum atomic E-state index is -4.51. The summed E-state index contributed by atoms with van der Waals surface area (Å²) in [6.45, 7) is 0. The first-order valence-electron chi connectivity index (χ1n) is 10.3. The first-order chi connectivity index (χ1) is 17.4. The van der Waals surface area contributed by atoms with Gasteiger partial charge in [0.1, 0.15) is 0 Å². The molecule has 12 nitrogen and oxygen atoms in total. The molecule has 1 aromatic carbocycles. The van der Waals surface area contributed by atoms with Gasteiger partial charge in [0.15, 0.2) is 0 Å². The summed E-state index contributed by atoms with van der Waals surface area (Å²) >= 11 is 0. The molecule has 0 atom stereocenters. The average molecular weight is 586 g/mol. The molecule has 0 radical (unpaired) electrons. The third-order valence-corrected chi connectivity index (χ3v) is 7.62. The maximum Gasteiger partial charge on any atom is 2.00 e. The molecule has 0 aliphatic carbocycles. The van der Waals surface area contributed by atoms with Crippen molar-refractivity contribution in [3.8, 4) is 11.6 Å². The summed E-state index contributed by atoms with van der Waals surface area (Å²) in [4.78, 5) is 7.20. The van der Waals surface area contributed by atoms with Crippen molar-refractivity contribution in [3.05, 3.63) is 107 Å². The number of sulfonamides is 2. The van der Waals surface area contributed by atoms with Crippen LogP contribution in [0.2, 0.25) is 0 Å². The maximum absolute atomic E-state index is 13.3. The standard InChI is InChI=1S/C22H16N8O4S2.Zn/c31-35(32,27-21-11-15-25-29(21)19-9-3-5-13-23-19)17-7-1-2-8-18(17)36(33,34)28-22-12-16-26-30(22)20-10-4-6-14-24-20;/h1-16H;/q-2;+2. The van der Waals surface area contributed by atoms with Crippen LogP contribution in [0.4, 0.5) is 11.6 Å². The van der Waals surface area contributed by atoms with E-state index in [1.165, 1.54) is 58.4 Å². The molecule has 5 aromatic rings. The largest absolute Gasteiger partial charge is 2.00 e. The summed E-state index contributed by atoms with van der Waals surface area (Å²) in [5, 5.41) is 8.13. The van der Waals surface area contributed by atoms with Crippen LogP contribution in [0, 0.1) is 0 Å². The van der Waals surface area contributed by atoms with E-state index in [0.29, 0.717) is 11.6 Å². The fourth-order valence-corrected chi connectivity index (χ4v) is 6.01. The minimum absolute atomic E-state index is 0. The fourth-order valence-electron chi connectivity index (χ4n) is 3.26. The molecule has 0 unspecified atom stereocenters. The predicted octanol–water partition coefficient (Wildman–Crippen LogP) is 3.63. The number of hydrogen-bond donors (Lipinski definition) is 0. The topological polar surface area (TPSA) is 158 Å². The Morgan fingerprint density at radius 2 is 0.946 bits per heavy atom. The molecule has 37 heavy (non-hydrogen) atoms. The molecule has 0 saturated carbocycles. The van der Waals surface area contributed by atoms with Crippen molar-refractivity contribution in [1.29, 1.82) is 0 Å². The molecular formula is C22H16N8O4S2Zn. The van der Waals surface area contributed by atoms with E-state index in [2.05, 4.69) is 29.6 Å². The second kappa shape index (κ2) is 10.6. The smallest absolute Gasteiger partial charge is 0.352 e. The Labute approximate surface area is 225 Å². The van der Waals surface area contributed by atoms with Gasteiger partial charge in [-0.2, -0.15) is 0 Å². The van der Waals surface area contributed by atoms with Crippen LogP contribution < -0.4 is 0 Å². The summed E-state index contributed by atoms with van der Waals surface area (Å²) in [7, 11) is -9.01. The van der Waals surface area contributed by atoms with E-state index in [1.807, 2.05) is 0 Å². The van der Waals surface area contributed by atoms with Gasteiger partial charge in [0, 0.05) is 24.8 Å². The minimum Gasteiger partial charge on any atom is -0.352 e. The molecular weight excluding hydrogens is 570 g/mol. The van der Waals surface area contributed by atoms with Crippen LogP contribution in [0.1, 0.15) is 0 Å². The van der Waals surface area contributed by atoms with E-state index >= 15 is 0 Å². The Kier molecular flexibility index (Phi) is 7.48. The van der Waals surface area contributed by atoms with Gasteiger partial charge < -0.3 is 18.8 Å². The monoisotopic (exact) mass is 584 g/mol. The summed E-state index contributed by atoms with van der Waals surface area (Å²) in [5.41, 5.74) is 0. The van der Waals surface area contributed by atoms with Crippen molar-refractivity contribution in [3.63, 3.8) is 0 Å². The predicted molar refractivity (Wildman–Crippen MR) is 130 cm³/mol. The third kappa shape index (κ3) is 5.43. The van der Waals surface area contributed by atoms with Crippen molar-refractivity contribution >= 4 is 31.7 Å². The zero-order valence-electron chi connectivity index (χ0n) is 19.0. The zero-order chi connectivity index (χ0) is 25.2. The number of benzene rings is 1. The molecule has 0 aliphatic heterocycles. The number of rotatable bonds is 8. The Morgan fingerprint density at radius 3 is 1.32 bits per heavy atom. The second-order valence-corrected chi connectivity index (χ2v) is 10.3. The van der Waals surface area contributed by atoms with E-state index < -0.39 is 29.8 Å². The van der Waals surface area contributed by atoms with Crippen LogP contribution >= 0.6 is 0 Å². The van der Waals surface area contributed by atoms with E-state index in [1.54, 1.807) is 36.4 Å². The SMILES string of the molecule is O=S(=O)([N-]c1ccnn1-c1ccccn1)c1ccccc1S(=O)(=O)[N-]c1ccnn1-c1ccccn1.[Zn+2]. The van der Waals surface area contributed by atoms with Crippen molar-refractivity contribution in [2.24, 2.45) is 0 Å². The first kappa shape index (κ1) is 26.1. The van der Waals surface area contributed by atoms with Gasteiger partial charge in [0.2, 0.25) is 20.0 Å². The Balaban J connectivity index is 0.00000320. The molecule has 0 N–H and O–H groups in total. The molecule has 4 heterocycles. The summed E-state index contributed by atoms with van der Waals surface area (Å²) in [5.74, 6) is 0.586. The Hall–Kier alpha value is -3.94. The van der Waals surface area contributed by atoms with Gasteiger partial charge in [-0.25, -0.2) is 16.8 Å². The number of nitrogens with zero attached hydrogens (tertiary/aromatic N) is 8. The number of pyridine rings is 2. The number of hydrogen-bond acceptors (Lipinski definition) is 8. The molecule has 0 bridgehead atoms. The summed E-state index contributed by atoms with van der Waals surface area (Å²) in [6.07, 6.45) is 5.77. The maximum atomic E-state index is 13.3. The molecule has 5 rings (SSSR count). The van der Waals surface area contributed by atoms with E-state index in [-0.39, 0.29) is 31.1 Å². The van der Waals surface area contributed by atoms with Crippen LogP contribution in [0.15, 0.2) is 107 Å². The molecule has 0 saturated heterocycles. The molecule has 4 aromatic heterocycles. The van der Waals surface area contributed by atoms with Crippen LogP contribution in [-0.2, 0) is 39.5 Å². The number of aromatic nitrogens is 6.